The van der Waals surface area contributed by atoms with Crippen molar-refractivity contribution in [3.05, 3.63) is 36.2 Å². The second-order valence-corrected chi connectivity index (χ2v) is 6.41. The Balaban J connectivity index is 1.80. The fourth-order valence-corrected chi connectivity index (χ4v) is 3.24. The van der Waals surface area contributed by atoms with Crippen LogP contribution < -0.4 is 16.0 Å². The van der Waals surface area contributed by atoms with Crippen molar-refractivity contribution in [2.24, 2.45) is 5.92 Å². The number of carbonyl (C=O) groups is 2. The molecule has 1 aromatic heterocycles. The van der Waals surface area contributed by atoms with Crippen LogP contribution in [-0.2, 0) is 14.3 Å². The van der Waals surface area contributed by atoms with Gasteiger partial charge in [0.15, 0.2) is 11.6 Å². The Morgan fingerprint density at radius 3 is 2.54 bits per heavy atom. The van der Waals surface area contributed by atoms with Gasteiger partial charge in [-0.05, 0) is 25.0 Å². The number of hydrogen-bond donors (Lipinski definition) is 2. The van der Waals surface area contributed by atoms with Gasteiger partial charge < -0.3 is 25.4 Å². The Morgan fingerprint density at radius 1 is 1.14 bits per heavy atom. The van der Waals surface area contributed by atoms with Crippen molar-refractivity contribution in [2.75, 3.05) is 43.3 Å². The van der Waals surface area contributed by atoms with E-state index >= 15 is 0 Å². The third-order valence-electron chi connectivity index (χ3n) is 4.78. The standard InChI is InChI=1S/C19H23N5O4/c1-27-18(25)12-7-9-24(10-8-12)17-15(20)16(21-11-22-17)23-14-6-4-3-5-13(14)19(26)28-2/h3-6,11-12H,7-10,20H2,1-2H3,(H,21,22,23). The first kappa shape index (κ1) is 19.4. The summed E-state index contributed by atoms with van der Waals surface area (Å²) in [5.41, 5.74) is 7.59. The fraction of sp³-hybridized carbons (Fsp3) is 0.368. The molecule has 0 saturated carbocycles. The maximum atomic E-state index is 12.0. The number of piperidine rings is 1. The average molecular weight is 385 g/mol. The van der Waals surface area contributed by atoms with Crippen molar-refractivity contribution in [1.82, 2.24) is 9.97 Å². The number of benzene rings is 1. The van der Waals surface area contributed by atoms with E-state index in [1.807, 2.05) is 4.90 Å². The summed E-state index contributed by atoms with van der Waals surface area (Å²) in [6.45, 7) is 1.28. The Hall–Kier alpha value is -3.36. The first-order valence-corrected chi connectivity index (χ1v) is 8.92. The molecule has 28 heavy (non-hydrogen) atoms. The fourth-order valence-electron chi connectivity index (χ4n) is 3.24. The summed E-state index contributed by atoms with van der Waals surface area (Å²) in [7, 11) is 2.73. The topological polar surface area (TPSA) is 120 Å². The van der Waals surface area contributed by atoms with Gasteiger partial charge in [0, 0.05) is 13.1 Å². The number of anilines is 4. The van der Waals surface area contributed by atoms with E-state index in [1.54, 1.807) is 24.3 Å². The van der Waals surface area contributed by atoms with Crippen LogP contribution in [0, 0.1) is 5.92 Å². The van der Waals surface area contributed by atoms with Gasteiger partial charge in [-0.3, -0.25) is 4.79 Å². The number of nitrogens with zero attached hydrogens (tertiary/aromatic N) is 3. The predicted octanol–water partition coefficient (Wildman–Crippen LogP) is 1.98. The lowest BCUT2D eigenvalue weighted by Gasteiger charge is -2.32. The van der Waals surface area contributed by atoms with E-state index in [1.165, 1.54) is 20.5 Å². The minimum Gasteiger partial charge on any atom is -0.469 e. The molecule has 9 heteroatoms. The summed E-state index contributed by atoms with van der Waals surface area (Å²) in [6, 6.07) is 6.95. The van der Waals surface area contributed by atoms with Crippen LogP contribution in [0.5, 0.6) is 0 Å². The molecular formula is C19H23N5O4. The zero-order valence-corrected chi connectivity index (χ0v) is 15.8. The first-order valence-electron chi connectivity index (χ1n) is 8.92. The summed E-state index contributed by atoms with van der Waals surface area (Å²) < 4.78 is 9.64. The molecule has 0 amide bonds. The monoisotopic (exact) mass is 385 g/mol. The largest absolute Gasteiger partial charge is 0.469 e. The Bertz CT molecular complexity index is 865. The molecule has 0 radical (unpaired) electrons. The smallest absolute Gasteiger partial charge is 0.339 e. The van der Waals surface area contributed by atoms with Crippen LogP contribution in [0.2, 0.25) is 0 Å². The maximum Gasteiger partial charge on any atom is 0.339 e. The van der Waals surface area contributed by atoms with Crippen molar-refractivity contribution in [2.45, 2.75) is 12.8 Å². The minimum atomic E-state index is -0.458. The summed E-state index contributed by atoms with van der Waals surface area (Å²) >= 11 is 0. The van der Waals surface area contributed by atoms with Crippen LogP contribution in [-0.4, -0.2) is 49.2 Å². The molecule has 9 nitrogen and oxygen atoms in total. The van der Waals surface area contributed by atoms with E-state index in [-0.39, 0.29) is 11.9 Å². The van der Waals surface area contributed by atoms with Crippen molar-refractivity contribution in [3.63, 3.8) is 0 Å². The van der Waals surface area contributed by atoms with Crippen molar-refractivity contribution in [3.8, 4) is 0 Å². The molecule has 2 heterocycles. The van der Waals surface area contributed by atoms with Gasteiger partial charge >= 0.3 is 11.9 Å². The summed E-state index contributed by atoms with van der Waals surface area (Å²) in [5.74, 6) is 0.250. The third kappa shape index (κ3) is 3.98. The molecule has 0 bridgehead atoms. The highest BCUT2D eigenvalue weighted by molar-refractivity contribution is 5.97. The molecular weight excluding hydrogens is 362 g/mol. The number of ether oxygens (including phenoxy) is 2. The van der Waals surface area contributed by atoms with E-state index in [4.69, 9.17) is 15.2 Å². The molecule has 0 unspecified atom stereocenters. The number of esters is 2. The molecule has 1 fully saturated rings. The summed E-state index contributed by atoms with van der Waals surface area (Å²) in [6.07, 6.45) is 2.76. The number of methoxy groups -OCH3 is 2. The zero-order chi connectivity index (χ0) is 20.1. The third-order valence-corrected chi connectivity index (χ3v) is 4.78. The molecule has 2 aromatic rings. The van der Waals surface area contributed by atoms with Crippen molar-refractivity contribution >= 4 is 34.9 Å². The van der Waals surface area contributed by atoms with Crippen molar-refractivity contribution < 1.29 is 19.1 Å². The molecule has 3 rings (SSSR count). The van der Waals surface area contributed by atoms with Crippen LogP contribution in [0.25, 0.3) is 0 Å². The Labute approximate surface area is 162 Å². The van der Waals surface area contributed by atoms with Gasteiger partial charge in [-0.1, -0.05) is 12.1 Å². The number of para-hydroxylation sites is 1. The van der Waals surface area contributed by atoms with Crippen molar-refractivity contribution in [1.29, 1.82) is 0 Å². The second kappa shape index (κ2) is 8.55. The first-order chi connectivity index (χ1) is 13.5. The van der Waals surface area contributed by atoms with E-state index in [2.05, 4.69) is 15.3 Å². The molecule has 1 aliphatic heterocycles. The number of nitrogens with two attached hydrogens (primary N) is 1. The summed E-state index contributed by atoms with van der Waals surface area (Å²) in [4.78, 5) is 34.2. The van der Waals surface area contributed by atoms with Gasteiger partial charge in [-0.2, -0.15) is 0 Å². The summed E-state index contributed by atoms with van der Waals surface area (Å²) in [5, 5.41) is 3.09. The normalized spacial score (nSPS) is 14.4. The number of hydrogen-bond acceptors (Lipinski definition) is 9. The molecule has 1 saturated heterocycles. The Kier molecular flexibility index (Phi) is 5.93. The van der Waals surface area contributed by atoms with Crippen LogP contribution >= 0.6 is 0 Å². The molecule has 3 N–H and O–H groups in total. The van der Waals surface area contributed by atoms with Crippen LogP contribution in [0.3, 0.4) is 0 Å². The van der Waals surface area contributed by atoms with E-state index in [9.17, 15) is 9.59 Å². The highest BCUT2D eigenvalue weighted by Gasteiger charge is 2.27. The van der Waals surface area contributed by atoms with Gasteiger partial charge in [0.05, 0.1) is 31.4 Å². The minimum absolute atomic E-state index is 0.103. The second-order valence-electron chi connectivity index (χ2n) is 6.41. The lowest BCUT2D eigenvalue weighted by atomic mass is 9.97. The number of rotatable bonds is 5. The number of nitrogen functional groups attached to an aromatic ring is 1. The maximum absolute atomic E-state index is 12.0. The Morgan fingerprint density at radius 2 is 1.86 bits per heavy atom. The van der Waals surface area contributed by atoms with Gasteiger partial charge in [0.1, 0.15) is 12.0 Å². The predicted molar refractivity (Wildman–Crippen MR) is 104 cm³/mol. The van der Waals surface area contributed by atoms with Gasteiger partial charge in [0.2, 0.25) is 0 Å². The van der Waals surface area contributed by atoms with Gasteiger partial charge in [-0.15, -0.1) is 0 Å². The highest BCUT2D eigenvalue weighted by atomic mass is 16.5. The van der Waals surface area contributed by atoms with E-state index in [0.29, 0.717) is 54.5 Å². The van der Waals surface area contributed by atoms with E-state index in [0.717, 1.165) is 0 Å². The molecule has 0 spiro atoms. The van der Waals surface area contributed by atoms with Gasteiger partial charge in [0.25, 0.3) is 0 Å². The zero-order valence-electron chi connectivity index (χ0n) is 15.8. The quantitative estimate of drug-likeness (QED) is 0.744. The van der Waals surface area contributed by atoms with Crippen LogP contribution in [0.1, 0.15) is 23.2 Å². The van der Waals surface area contributed by atoms with Gasteiger partial charge in [-0.25, -0.2) is 14.8 Å². The SMILES string of the molecule is COC(=O)c1ccccc1Nc1ncnc(N2CCC(C(=O)OC)CC2)c1N. The average Bonchev–Trinajstić information content (AvgIpc) is 2.74. The molecule has 1 aromatic carbocycles. The lowest BCUT2D eigenvalue weighted by Crippen LogP contribution is -2.37. The number of aromatic nitrogens is 2. The molecule has 148 valence electrons. The number of nitrogens with one attached hydrogen (secondary N) is 1. The molecule has 0 atom stereocenters. The van der Waals surface area contributed by atoms with Crippen LogP contribution in [0.15, 0.2) is 30.6 Å². The highest BCUT2D eigenvalue weighted by Crippen LogP contribution is 2.32. The van der Waals surface area contributed by atoms with Crippen LogP contribution in [0.4, 0.5) is 23.0 Å². The van der Waals surface area contributed by atoms with E-state index < -0.39 is 5.97 Å². The molecule has 1 aliphatic rings. The lowest BCUT2D eigenvalue weighted by molar-refractivity contribution is -0.146. The molecule has 0 aliphatic carbocycles. The number of carbonyl (C=O) groups excluding carboxylic acids is 2.